The first-order valence-corrected chi connectivity index (χ1v) is 44.8. The number of ketones is 5. The van der Waals surface area contributed by atoms with Crippen LogP contribution in [0.4, 0.5) is 0 Å². The molecule has 668 valence electrons. The van der Waals surface area contributed by atoms with E-state index in [9.17, 15) is 29.2 Å². The topological polar surface area (TPSA) is 246 Å². The monoisotopic (exact) mass is 1800 g/mol. The van der Waals surface area contributed by atoms with E-state index < -0.39 is 27.8 Å². The molecule has 15 nitrogen and oxygen atoms in total. The van der Waals surface area contributed by atoms with Gasteiger partial charge in [0.1, 0.15) is 17.6 Å². The van der Waals surface area contributed by atoms with Crippen LogP contribution in [0.25, 0.3) is 4.85 Å². The smallest absolute Gasteiger partial charge is 0.226 e. The molecule has 17 aliphatic rings. The Hall–Kier alpha value is -8.16. The molecule has 0 N–H and O–H groups in total. The number of hydrogen-bond donors (Lipinski definition) is 0. The average Bonchev–Trinajstić information content (AvgIpc) is 1.69. The van der Waals surface area contributed by atoms with E-state index in [1.165, 1.54) is 49.3 Å². The number of hydrogen-bond acceptors (Lipinski definition) is 14. The van der Waals surface area contributed by atoms with Crippen LogP contribution in [0.2, 0.25) is 0 Å². The minimum absolute atomic E-state index is 0. The minimum atomic E-state index is -0.917. The fourth-order valence-electron chi connectivity index (χ4n) is 29.4. The third-order valence-corrected chi connectivity index (χ3v) is 35.3. The number of fused-ring (bicyclic) bond motifs is 15. The van der Waals surface area contributed by atoms with Crippen molar-refractivity contribution in [3.05, 3.63) is 93.1 Å². The summed E-state index contributed by atoms with van der Waals surface area (Å²) < 4.78 is 24.8. The second-order valence-electron chi connectivity index (χ2n) is 42.3. The molecule has 2 spiro atoms. The molecule has 11 fully saturated rings. The summed E-state index contributed by atoms with van der Waals surface area (Å²) in [4.78, 5) is 65.6. The summed E-state index contributed by atoms with van der Waals surface area (Å²) in [5.74, 6) is 27.7. The van der Waals surface area contributed by atoms with Gasteiger partial charge in [-0.1, -0.05) is 187 Å². The summed E-state index contributed by atoms with van der Waals surface area (Å²) >= 11 is 0. The second kappa shape index (κ2) is 36.8. The van der Waals surface area contributed by atoms with E-state index in [1.54, 1.807) is 23.8 Å². The van der Waals surface area contributed by atoms with Crippen LogP contribution in [0.1, 0.15) is 320 Å². The summed E-state index contributed by atoms with van der Waals surface area (Å²) in [6.45, 7) is 43.2. The Morgan fingerprint density at radius 3 is 1.20 bits per heavy atom. The van der Waals surface area contributed by atoms with Crippen LogP contribution >= 0.6 is 24.0 Å². The first-order chi connectivity index (χ1) is 56.6. The molecule has 9 saturated carbocycles. The van der Waals surface area contributed by atoms with Crippen molar-refractivity contribution in [1.82, 2.24) is 0 Å². The quantitative estimate of drug-likeness (QED) is 0.0947. The van der Waals surface area contributed by atoms with Gasteiger partial charge in [0.25, 0.3) is 0 Å². The van der Waals surface area contributed by atoms with Gasteiger partial charge in [0.2, 0.25) is 5.70 Å². The standard InChI is InChI=1S/C22H17N3O2.C22H29NO2.C21H30O2.C20H23NO2.C20H25NO.4CH4.HI/c1-20(2)17-6-8-22(7-5-9-23)11-14(13-24)16(26)10-18(22)21(17,3)12-15(25-4)19(20)27;1-19(2)17-8-11-21(10-6-14-23)9-5-4-7-18(21)20(17,3)12-13-22(19)24-15-16-25-22;1-5-20-10-7-6-8-17(20)19(4)12-13-21(22-14-15-23-21)18(2,3)16(19)9-11-20;1-18(2)15-6-11-20(8-4-12-21)10-5-14(22)13-16(20)19(15,3)9-7-17(18)23;1-18(2)15-8-13-20(11-6-14-21)10-5-4-7-16(20)19(15,3)12-9-17(18)22;;;;;/h10-12,17H,6,8H2,1-3H3;7,17H,4-5,8-9,11-13,15-16H2,1-3H3;1,8,16H,6-7,9-15H2,2-4H3;13,15H,5-7,9-11H2,1-3H3;7,15H,4-5,8-10,12-13H2,1-3H3;4*1H4;1H/t17-,21-,22-;17-,20-,21-;16-,19-,20+;15-,19-,20+;15-,19-,20-;;;;;/m00000...../s1. The first-order valence-electron chi connectivity index (χ1n) is 44.8. The van der Waals surface area contributed by atoms with Gasteiger partial charge < -0.3 is 23.7 Å². The van der Waals surface area contributed by atoms with Crippen molar-refractivity contribution in [2.75, 3.05) is 26.4 Å². The molecule has 0 aromatic carbocycles. The molecule has 0 radical (unpaired) electrons. The van der Waals surface area contributed by atoms with E-state index in [2.05, 4.69) is 166 Å². The van der Waals surface area contributed by atoms with Crippen LogP contribution in [0.3, 0.4) is 0 Å². The van der Waals surface area contributed by atoms with Crippen LogP contribution in [0.5, 0.6) is 0 Å². The predicted octanol–water partition coefficient (Wildman–Crippen LogP) is 23.7. The van der Waals surface area contributed by atoms with Gasteiger partial charge in [0, 0.05) is 88.3 Å². The number of ether oxygens (including phenoxy) is 4. The molecule has 0 aromatic rings. The molecule has 0 bridgehead atoms. The SMILES string of the molecule is C.C.C.C.C#C[C@]12CCCC=C1[C@@]1(C)CCC3(OCCO3)C(C)(C)[C@@H]1CC2.CC1(C)C(=O)CC[C@]2(C)C3=CC(=O)CC[C@]3(C#CC#N)CC[C@@H]12.CC1(C)C(=O)CC[C@]2(C)C3=CCCC[C@]3(C#CC#N)CC[C@@H]12.CC1(C)[C@@H]2CC[C@@]3(C#CC#N)CCCC=C3[C@@]2(C)CCC12OCCO2.I.[C-]#[N+]C1=C[C@]2(C)C3=CC(=O)C(C#N)=C[C@]3(C#CC#N)CC[C@H]2C(C)(C)C1=O. The number of halogens is 1. The Morgan fingerprint density at radius 1 is 0.408 bits per heavy atom. The number of nitrogens with zero attached hydrogens (tertiary/aromatic N) is 6. The maximum atomic E-state index is 12.8. The molecule has 0 unspecified atom stereocenters. The van der Waals surface area contributed by atoms with Crippen molar-refractivity contribution in [1.29, 1.82) is 26.3 Å². The van der Waals surface area contributed by atoms with Gasteiger partial charge in [0.15, 0.2) is 53.2 Å². The van der Waals surface area contributed by atoms with E-state index in [-0.39, 0.29) is 159 Å². The zero-order valence-electron chi connectivity index (χ0n) is 74.6. The lowest BCUT2D eigenvalue weighted by Crippen LogP contribution is -2.61. The Morgan fingerprint density at radius 2 is 0.784 bits per heavy atom. The van der Waals surface area contributed by atoms with Crippen molar-refractivity contribution in [2.45, 2.75) is 331 Å². The molecule has 0 aromatic heterocycles. The molecule has 16 heteroatoms. The summed E-state index contributed by atoms with van der Waals surface area (Å²) in [7, 11) is 0. The number of nitriles is 5. The minimum Gasteiger partial charge on any atom is -0.347 e. The van der Waals surface area contributed by atoms with Crippen molar-refractivity contribution in [3.63, 3.8) is 0 Å². The lowest BCUT2D eigenvalue weighted by molar-refractivity contribution is -0.284. The van der Waals surface area contributed by atoms with E-state index in [4.69, 9.17) is 53.0 Å². The number of carbonyl (C=O) groups is 5. The molecule has 17 rings (SSSR count). The van der Waals surface area contributed by atoms with Crippen LogP contribution in [0.15, 0.2) is 81.7 Å². The predicted molar refractivity (Wildman–Crippen MR) is 501 cm³/mol. The van der Waals surface area contributed by atoms with E-state index >= 15 is 0 Å². The lowest BCUT2D eigenvalue weighted by Gasteiger charge is -2.64. The first kappa shape index (κ1) is 102. The highest BCUT2D eigenvalue weighted by molar-refractivity contribution is 14.0. The fourth-order valence-corrected chi connectivity index (χ4v) is 29.4. The lowest BCUT2D eigenvalue weighted by atomic mass is 9.43. The largest absolute Gasteiger partial charge is 0.347 e. The van der Waals surface area contributed by atoms with Gasteiger partial charge in [-0.05, 0) is 251 Å². The van der Waals surface area contributed by atoms with E-state index in [0.717, 1.165) is 134 Å². The highest BCUT2D eigenvalue weighted by atomic mass is 127. The molecular weight excluding hydrogens is 1660 g/mol. The van der Waals surface area contributed by atoms with Crippen molar-refractivity contribution < 1.29 is 42.9 Å². The highest BCUT2D eigenvalue weighted by Crippen LogP contribution is 2.73. The van der Waals surface area contributed by atoms with Crippen LogP contribution in [-0.4, -0.2) is 66.9 Å². The van der Waals surface area contributed by atoms with Gasteiger partial charge in [0.05, 0.1) is 65.6 Å². The number of Topliss-reactive ketones (excluding diaryl/α,β-unsaturated/α-hetero) is 3. The fraction of sp³-hybridized carbons (Fsp3) is 0.679. The number of allylic oxidation sites excluding steroid dienone is 14. The van der Waals surface area contributed by atoms with E-state index in [1.807, 2.05) is 45.0 Å². The normalized spacial score (nSPS) is 37.5. The summed E-state index contributed by atoms with van der Waals surface area (Å²) in [5.41, 5.74) is 3.11. The summed E-state index contributed by atoms with van der Waals surface area (Å²) in [5, 5.41) is 45.1. The molecule has 15 aliphatic carbocycles. The zero-order chi connectivity index (χ0) is 87.0. The zero-order valence-corrected chi connectivity index (χ0v) is 76.9. The average molecular weight is 1810 g/mol. The summed E-state index contributed by atoms with van der Waals surface area (Å²) in [6, 6.07) is 9.72. The molecule has 2 heterocycles. The van der Waals surface area contributed by atoms with Gasteiger partial charge in [-0.3, -0.25) is 19.2 Å². The molecule has 2 aliphatic heterocycles. The third-order valence-electron chi connectivity index (χ3n) is 35.3. The maximum Gasteiger partial charge on any atom is 0.226 e. The Kier molecular flexibility index (Phi) is 30.1. The van der Waals surface area contributed by atoms with Crippen LogP contribution < -0.4 is 0 Å². The number of terminal acetylenes is 1. The van der Waals surface area contributed by atoms with Crippen LogP contribution in [0, 0.1) is 234 Å². The van der Waals surface area contributed by atoms with Crippen molar-refractivity contribution in [3.8, 4) is 90.1 Å². The third kappa shape index (κ3) is 16.2. The van der Waals surface area contributed by atoms with Crippen molar-refractivity contribution >= 4 is 52.9 Å². The number of carbonyl (C=O) groups excluding carboxylic acids is 5. The molecular formula is C109H141IN6O9. The van der Waals surface area contributed by atoms with Gasteiger partial charge >= 0.3 is 0 Å². The van der Waals surface area contributed by atoms with Gasteiger partial charge in [-0.25, -0.2) is 4.85 Å². The van der Waals surface area contributed by atoms with Gasteiger partial charge in [-0.15, -0.1) is 30.4 Å². The molecule has 0 amide bonds. The highest BCUT2D eigenvalue weighted by Gasteiger charge is 2.70. The maximum absolute atomic E-state index is 12.8. The molecule has 125 heavy (non-hydrogen) atoms. The second-order valence-corrected chi connectivity index (χ2v) is 42.3. The van der Waals surface area contributed by atoms with E-state index in [0.29, 0.717) is 86.6 Å². The molecule has 2 saturated heterocycles. The summed E-state index contributed by atoms with van der Waals surface area (Å²) in [6.07, 6.45) is 48.1. The Labute approximate surface area is 768 Å². The number of rotatable bonds is 0. The Bertz CT molecular complexity index is 5150. The Balaban J connectivity index is 0.000000192. The van der Waals surface area contributed by atoms with Gasteiger partial charge in [-0.2, -0.15) is 26.3 Å². The van der Waals surface area contributed by atoms with Crippen molar-refractivity contribution in [2.24, 2.45) is 111 Å². The van der Waals surface area contributed by atoms with Crippen LogP contribution in [-0.2, 0) is 42.9 Å². The molecule has 15 atom stereocenters.